The second kappa shape index (κ2) is 3.97. The van der Waals surface area contributed by atoms with Crippen LogP contribution in [0.15, 0.2) is 0 Å². The molecule has 4 nitrogen and oxygen atoms in total. The van der Waals surface area contributed by atoms with Crippen LogP contribution in [0.25, 0.3) is 0 Å². The lowest BCUT2D eigenvalue weighted by Gasteiger charge is -2.46. The van der Waals surface area contributed by atoms with Crippen LogP contribution in [-0.4, -0.2) is 34.3 Å². The molecule has 2 amide bonds. The van der Waals surface area contributed by atoms with Gasteiger partial charge in [-0.15, -0.1) is 0 Å². The molecule has 3 aliphatic rings. The number of carbonyl (C=O) groups is 2. The van der Waals surface area contributed by atoms with Crippen molar-refractivity contribution in [3.8, 4) is 0 Å². The van der Waals surface area contributed by atoms with Gasteiger partial charge in [0.25, 0.3) is 0 Å². The Hall–Kier alpha value is -1.06. The van der Waals surface area contributed by atoms with Crippen LogP contribution in [-0.2, 0) is 9.59 Å². The Morgan fingerprint density at radius 1 is 1.28 bits per heavy atom. The highest BCUT2D eigenvalue weighted by Gasteiger charge is 2.53. The van der Waals surface area contributed by atoms with E-state index in [9.17, 15) is 9.59 Å². The number of hydrogen-bond donors (Lipinski definition) is 1. The van der Waals surface area contributed by atoms with Crippen molar-refractivity contribution in [2.24, 2.45) is 5.92 Å². The van der Waals surface area contributed by atoms with Crippen molar-refractivity contribution in [2.75, 3.05) is 0 Å². The zero-order valence-corrected chi connectivity index (χ0v) is 11.2. The van der Waals surface area contributed by atoms with E-state index in [0.717, 1.165) is 25.7 Å². The molecule has 0 aromatic heterocycles. The summed E-state index contributed by atoms with van der Waals surface area (Å²) in [5, 5.41) is 3.01. The van der Waals surface area contributed by atoms with Crippen LogP contribution in [0.5, 0.6) is 0 Å². The van der Waals surface area contributed by atoms with Gasteiger partial charge < -0.3 is 10.2 Å². The van der Waals surface area contributed by atoms with E-state index in [4.69, 9.17) is 0 Å². The molecule has 0 radical (unpaired) electrons. The van der Waals surface area contributed by atoms with Gasteiger partial charge in [0.05, 0.1) is 0 Å². The Morgan fingerprint density at radius 2 is 1.89 bits per heavy atom. The molecular weight excluding hydrogens is 228 g/mol. The molecule has 0 aromatic carbocycles. The fraction of sp³-hybridized carbons (Fsp3) is 0.857. The smallest absolute Gasteiger partial charge is 0.249 e. The summed E-state index contributed by atoms with van der Waals surface area (Å²) in [6.45, 7) is 3.96. The molecule has 0 bridgehead atoms. The van der Waals surface area contributed by atoms with E-state index in [1.807, 2.05) is 11.8 Å². The van der Waals surface area contributed by atoms with E-state index in [1.165, 1.54) is 12.8 Å². The lowest BCUT2D eigenvalue weighted by Crippen LogP contribution is -2.70. The van der Waals surface area contributed by atoms with Gasteiger partial charge in [-0.05, 0) is 45.4 Å². The Bertz CT molecular complexity index is 383. The predicted molar refractivity (Wildman–Crippen MR) is 67.8 cm³/mol. The van der Waals surface area contributed by atoms with Crippen molar-refractivity contribution in [1.82, 2.24) is 10.2 Å². The van der Waals surface area contributed by atoms with Gasteiger partial charge in [0.15, 0.2) is 0 Å². The molecule has 18 heavy (non-hydrogen) atoms. The first kappa shape index (κ1) is 12.0. The minimum absolute atomic E-state index is 0.0315. The molecule has 4 heteroatoms. The number of amides is 2. The van der Waals surface area contributed by atoms with E-state index < -0.39 is 5.54 Å². The van der Waals surface area contributed by atoms with Gasteiger partial charge in [0.2, 0.25) is 11.8 Å². The van der Waals surface area contributed by atoms with Crippen LogP contribution >= 0.6 is 0 Å². The fourth-order valence-corrected chi connectivity index (χ4v) is 3.60. The van der Waals surface area contributed by atoms with E-state index in [0.29, 0.717) is 5.92 Å². The summed E-state index contributed by atoms with van der Waals surface area (Å²) in [6, 6.07) is -0.0876. The van der Waals surface area contributed by atoms with Crippen molar-refractivity contribution in [1.29, 1.82) is 0 Å². The molecule has 1 N–H and O–H groups in total. The lowest BCUT2D eigenvalue weighted by molar-refractivity contribution is -0.157. The van der Waals surface area contributed by atoms with Crippen molar-refractivity contribution < 1.29 is 9.59 Å². The summed E-state index contributed by atoms with van der Waals surface area (Å²) in [4.78, 5) is 26.8. The average Bonchev–Trinajstić information content (AvgIpc) is 3.09. The highest BCUT2D eigenvalue weighted by molar-refractivity contribution is 6.00. The highest BCUT2D eigenvalue weighted by atomic mass is 16.2. The first-order chi connectivity index (χ1) is 8.55. The number of piperazine rings is 1. The molecule has 2 saturated carbocycles. The number of hydrogen-bond acceptors (Lipinski definition) is 2. The van der Waals surface area contributed by atoms with Gasteiger partial charge in [0, 0.05) is 6.04 Å². The Morgan fingerprint density at radius 3 is 2.44 bits per heavy atom. The standard InChI is InChI=1S/C14H22N2O2/c1-9(11-5-6-11)16-10(2)12(17)15-14(13(16)18)7-3-4-8-14/h9-11H,3-8H2,1-2H3,(H,15,17). The molecule has 2 aliphatic carbocycles. The van der Waals surface area contributed by atoms with Gasteiger partial charge >= 0.3 is 0 Å². The monoisotopic (exact) mass is 250 g/mol. The molecular formula is C14H22N2O2. The SMILES string of the molecule is CC1C(=O)NC2(CCCC2)C(=O)N1C(C)C1CC1. The molecule has 3 fully saturated rings. The number of rotatable bonds is 2. The molecule has 1 heterocycles. The maximum absolute atomic E-state index is 12.8. The molecule has 3 rings (SSSR count). The fourth-order valence-electron chi connectivity index (χ4n) is 3.60. The van der Waals surface area contributed by atoms with E-state index >= 15 is 0 Å². The molecule has 0 aromatic rings. The summed E-state index contributed by atoms with van der Waals surface area (Å²) in [5.41, 5.74) is -0.563. The van der Waals surface area contributed by atoms with Crippen LogP contribution in [0.2, 0.25) is 0 Å². The summed E-state index contributed by atoms with van der Waals surface area (Å²) in [7, 11) is 0. The first-order valence-electron chi connectivity index (χ1n) is 7.20. The lowest BCUT2D eigenvalue weighted by atomic mass is 9.89. The molecule has 1 aliphatic heterocycles. The average molecular weight is 250 g/mol. The first-order valence-corrected chi connectivity index (χ1v) is 7.20. The summed E-state index contributed by atoms with van der Waals surface area (Å²) < 4.78 is 0. The molecule has 1 saturated heterocycles. The molecule has 2 atom stereocenters. The third kappa shape index (κ3) is 1.65. The Kier molecular flexibility index (Phi) is 2.65. The molecule has 1 spiro atoms. The predicted octanol–water partition coefficient (Wildman–Crippen LogP) is 1.44. The van der Waals surface area contributed by atoms with Crippen LogP contribution in [0.1, 0.15) is 52.4 Å². The van der Waals surface area contributed by atoms with Crippen molar-refractivity contribution in [3.63, 3.8) is 0 Å². The number of nitrogens with zero attached hydrogens (tertiary/aromatic N) is 1. The second-order valence-electron chi connectivity index (χ2n) is 6.24. The molecule has 100 valence electrons. The normalized spacial score (nSPS) is 32.8. The van der Waals surface area contributed by atoms with Gasteiger partial charge in [-0.1, -0.05) is 12.8 Å². The topological polar surface area (TPSA) is 49.4 Å². The summed E-state index contributed by atoms with van der Waals surface area (Å²) in [5.74, 6) is 0.816. The van der Waals surface area contributed by atoms with Crippen LogP contribution in [0.3, 0.4) is 0 Å². The van der Waals surface area contributed by atoms with Crippen LogP contribution in [0.4, 0.5) is 0 Å². The second-order valence-corrected chi connectivity index (χ2v) is 6.24. The van der Waals surface area contributed by atoms with E-state index in [2.05, 4.69) is 12.2 Å². The van der Waals surface area contributed by atoms with Gasteiger partial charge in [-0.3, -0.25) is 9.59 Å². The van der Waals surface area contributed by atoms with Crippen molar-refractivity contribution in [2.45, 2.75) is 70.0 Å². The zero-order valence-electron chi connectivity index (χ0n) is 11.2. The third-order valence-electron chi connectivity index (χ3n) is 5.00. The zero-order chi connectivity index (χ0) is 12.9. The van der Waals surface area contributed by atoms with Gasteiger partial charge in [-0.25, -0.2) is 0 Å². The quantitative estimate of drug-likeness (QED) is 0.806. The van der Waals surface area contributed by atoms with E-state index in [1.54, 1.807) is 0 Å². The largest absolute Gasteiger partial charge is 0.340 e. The van der Waals surface area contributed by atoms with Crippen LogP contribution < -0.4 is 5.32 Å². The summed E-state index contributed by atoms with van der Waals surface area (Å²) >= 11 is 0. The minimum Gasteiger partial charge on any atom is -0.340 e. The molecule has 2 unspecified atom stereocenters. The summed E-state index contributed by atoms with van der Waals surface area (Å²) in [6.07, 6.45) is 6.13. The van der Waals surface area contributed by atoms with Gasteiger partial charge in [0.1, 0.15) is 11.6 Å². The maximum atomic E-state index is 12.8. The Labute approximate surface area is 108 Å². The highest BCUT2D eigenvalue weighted by Crippen LogP contribution is 2.40. The van der Waals surface area contributed by atoms with E-state index in [-0.39, 0.29) is 23.9 Å². The van der Waals surface area contributed by atoms with Crippen molar-refractivity contribution >= 4 is 11.8 Å². The van der Waals surface area contributed by atoms with Crippen LogP contribution in [0, 0.1) is 5.92 Å². The Balaban J connectivity index is 1.89. The maximum Gasteiger partial charge on any atom is 0.249 e. The number of carbonyl (C=O) groups excluding carboxylic acids is 2. The minimum atomic E-state index is -0.563. The number of nitrogens with one attached hydrogen (secondary N) is 1. The third-order valence-corrected chi connectivity index (χ3v) is 5.00. The van der Waals surface area contributed by atoms with Crippen molar-refractivity contribution in [3.05, 3.63) is 0 Å². The van der Waals surface area contributed by atoms with Gasteiger partial charge in [-0.2, -0.15) is 0 Å².